The summed E-state index contributed by atoms with van der Waals surface area (Å²) in [5, 5.41) is 3.59. The maximum Gasteiger partial charge on any atom is 0.243 e. The first-order chi connectivity index (χ1) is 8.97. The van der Waals surface area contributed by atoms with Crippen molar-refractivity contribution in [2.24, 2.45) is 0 Å². The van der Waals surface area contributed by atoms with E-state index < -0.39 is 0 Å². The summed E-state index contributed by atoms with van der Waals surface area (Å²) < 4.78 is 5.49. The molecular formula is C13H21N3O2S. The summed E-state index contributed by atoms with van der Waals surface area (Å²) in [6.07, 6.45) is 0.188. The van der Waals surface area contributed by atoms with Crippen molar-refractivity contribution in [3.8, 4) is 0 Å². The number of amides is 1. The van der Waals surface area contributed by atoms with Crippen molar-refractivity contribution in [1.29, 1.82) is 0 Å². The Morgan fingerprint density at radius 3 is 2.89 bits per heavy atom. The first-order valence-electron chi connectivity index (χ1n) is 6.58. The number of ether oxygens (including phenoxy) is 1. The van der Waals surface area contributed by atoms with Crippen LogP contribution in [-0.2, 0) is 9.53 Å². The van der Waals surface area contributed by atoms with Gasteiger partial charge in [-0.3, -0.25) is 9.69 Å². The number of morpholine rings is 1. The van der Waals surface area contributed by atoms with E-state index in [0.29, 0.717) is 11.7 Å². The Hall–Kier alpha value is -0.980. The van der Waals surface area contributed by atoms with Crippen LogP contribution in [0.25, 0.3) is 0 Å². The Labute approximate surface area is 118 Å². The Morgan fingerprint density at radius 1 is 1.58 bits per heavy atom. The Morgan fingerprint density at radius 2 is 2.32 bits per heavy atom. The summed E-state index contributed by atoms with van der Waals surface area (Å²) >= 11 is 1.52. The van der Waals surface area contributed by atoms with Gasteiger partial charge in [0.2, 0.25) is 5.91 Å². The van der Waals surface area contributed by atoms with E-state index in [1.807, 2.05) is 27.7 Å². The second-order valence-electron chi connectivity index (χ2n) is 5.00. The number of aryl methyl sites for hydroxylation is 2. The van der Waals surface area contributed by atoms with Crippen molar-refractivity contribution < 1.29 is 9.53 Å². The lowest BCUT2D eigenvalue weighted by atomic mass is 10.2. The van der Waals surface area contributed by atoms with Crippen LogP contribution in [0.3, 0.4) is 0 Å². The predicted molar refractivity (Wildman–Crippen MR) is 76.7 cm³/mol. The number of aromatic nitrogens is 1. The molecule has 0 aromatic carbocycles. The quantitative estimate of drug-likeness (QED) is 0.919. The van der Waals surface area contributed by atoms with Crippen LogP contribution in [0.5, 0.6) is 0 Å². The molecule has 0 bridgehead atoms. The molecule has 1 amide bonds. The molecule has 106 valence electrons. The molecule has 2 heterocycles. The lowest BCUT2D eigenvalue weighted by molar-refractivity contribution is -0.123. The molecule has 2 rings (SSSR count). The zero-order valence-electron chi connectivity index (χ0n) is 11.9. The van der Waals surface area contributed by atoms with Crippen LogP contribution in [0.15, 0.2) is 0 Å². The third-order valence-electron chi connectivity index (χ3n) is 3.46. The van der Waals surface area contributed by atoms with Gasteiger partial charge in [-0.05, 0) is 27.7 Å². The van der Waals surface area contributed by atoms with Gasteiger partial charge in [-0.25, -0.2) is 4.98 Å². The fourth-order valence-electron chi connectivity index (χ4n) is 2.10. The molecule has 0 unspecified atom stereocenters. The third kappa shape index (κ3) is 3.52. The van der Waals surface area contributed by atoms with Gasteiger partial charge >= 0.3 is 0 Å². The van der Waals surface area contributed by atoms with E-state index in [1.54, 1.807) is 0 Å². The predicted octanol–water partition coefficient (Wildman–Crippen LogP) is 1.81. The monoisotopic (exact) mass is 283 g/mol. The number of anilines is 1. The number of carbonyl (C=O) groups excluding carboxylic acids is 1. The average Bonchev–Trinajstić information content (AvgIpc) is 2.67. The van der Waals surface area contributed by atoms with Crippen LogP contribution < -0.4 is 5.32 Å². The Kier molecular flexibility index (Phi) is 4.54. The van der Waals surface area contributed by atoms with Gasteiger partial charge in [0.1, 0.15) is 0 Å². The summed E-state index contributed by atoms with van der Waals surface area (Å²) in [6.45, 7) is 10.2. The van der Waals surface area contributed by atoms with E-state index in [1.165, 1.54) is 11.3 Å². The molecule has 1 aromatic rings. The minimum absolute atomic E-state index is 0.00264. The highest BCUT2D eigenvalue weighted by atomic mass is 32.1. The smallest absolute Gasteiger partial charge is 0.243 e. The number of nitrogens with one attached hydrogen (secondary N) is 1. The van der Waals surface area contributed by atoms with Crippen LogP contribution in [0.1, 0.15) is 24.4 Å². The van der Waals surface area contributed by atoms with Crippen molar-refractivity contribution >= 4 is 22.4 Å². The summed E-state index contributed by atoms with van der Waals surface area (Å²) in [7, 11) is 0. The Bertz CT molecular complexity index is 441. The Balaban J connectivity index is 1.95. The molecule has 1 aliphatic heterocycles. The van der Waals surface area contributed by atoms with E-state index in [2.05, 4.69) is 15.2 Å². The summed E-state index contributed by atoms with van der Waals surface area (Å²) in [5.74, 6) is 0.00264. The van der Waals surface area contributed by atoms with Crippen LogP contribution in [0.4, 0.5) is 5.13 Å². The number of nitrogens with zero attached hydrogens (tertiary/aromatic N) is 2. The molecule has 0 spiro atoms. The number of carbonyl (C=O) groups is 1. The van der Waals surface area contributed by atoms with Gasteiger partial charge in [0.15, 0.2) is 5.13 Å². The van der Waals surface area contributed by atoms with E-state index in [-0.39, 0.29) is 18.1 Å². The molecule has 2 atom stereocenters. The molecule has 1 N–H and O–H groups in total. The summed E-state index contributed by atoms with van der Waals surface area (Å²) in [4.78, 5) is 19.8. The molecule has 19 heavy (non-hydrogen) atoms. The molecule has 6 heteroatoms. The molecule has 1 aromatic heterocycles. The fourth-order valence-corrected chi connectivity index (χ4v) is 2.92. The van der Waals surface area contributed by atoms with Crippen molar-refractivity contribution in [2.75, 3.05) is 25.0 Å². The van der Waals surface area contributed by atoms with Crippen LogP contribution >= 0.6 is 11.3 Å². The molecular weight excluding hydrogens is 262 g/mol. The summed E-state index contributed by atoms with van der Waals surface area (Å²) in [5.41, 5.74) is 0.980. The first kappa shape index (κ1) is 14.4. The highest BCUT2D eigenvalue weighted by Crippen LogP contribution is 2.21. The maximum atomic E-state index is 12.2. The number of hydrogen-bond acceptors (Lipinski definition) is 5. The highest BCUT2D eigenvalue weighted by Gasteiger charge is 2.26. The zero-order valence-corrected chi connectivity index (χ0v) is 12.7. The molecule has 0 radical (unpaired) electrons. The normalized spacial score (nSPS) is 22.2. The second kappa shape index (κ2) is 5.98. The molecule has 5 nitrogen and oxygen atoms in total. The number of hydrogen-bond donors (Lipinski definition) is 1. The molecule has 1 aliphatic rings. The highest BCUT2D eigenvalue weighted by molar-refractivity contribution is 7.15. The first-order valence-corrected chi connectivity index (χ1v) is 7.39. The lowest BCUT2D eigenvalue weighted by Crippen LogP contribution is -2.50. The van der Waals surface area contributed by atoms with Crippen molar-refractivity contribution in [1.82, 2.24) is 9.88 Å². The standard InChI is InChI=1S/C13H21N3O2S/c1-8-7-16(5-6-18-8)10(3)12(17)15-13-14-9(2)11(4)19-13/h8,10H,5-7H2,1-4H3,(H,14,15,17)/t8-,10+/m0/s1. The third-order valence-corrected chi connectivity index (χ3v) is 4.45. The van der Waals surface area contributed by atoms with E-state index in [9.17, 15) is 4.79 Å². The van der Waals surface area contributed by atoms with Crippen LogP contribution in [0.2, 0.25) is 0 Å². The minimum atomic E-state index is -0.157. The van der Waals surface area contributed by atoms with Crippen LogP contribution in [0, 0.1) is 13.8 Å². The topological polar surface area (TPSA) is 54.5 Å². The molecule has 1 saturated heterocycles. The fraction of sp³-hybridized carbons (Fsp3) is 0.692. The van der Waals surface area contributed by atoms with E-state index in [4.69, 9.17) is 4.74 Å². The second-order valence-corrected chi connectivity index (χ2v) is 6.21. The van der Waals surface area contributed by atoms with Crippen molar-refractivity contribution in [3.63, 3.8) is 0 Å². The molecule has 0 aliphatic carbocycles. The van der Waals surface area contributed by atoms with E-state index in [0.717, 1.165) is 23.7 Å². The zero-order chi connectivity index (χ0) is 14.0. The SMILES string of the molecule is Cc1nc(NC(=O)[C@@H](C)N2CCO[C@@H](C)C2)sc1C. The minimum Gasteiger partial charge on any atom is -0.376 e. The van der Waals surface area contributed by atoms with Gasteiger partial charge in [-0.1, -0.05) is 0 Å². The average molecular weight is 283 g/mol. The van der Waals surface area contributed by atoms with Crippen LogP contribution in [-0.4, -0.2) is 47.6 Å². The largest absolute Gasteiger partial charge is 0.376 e. The van der Waals surface area contributed by atoms with Gasteiger partial charge in [-0.15, -0.1) is 11.3 Å². The van der Waals surface area contributed by atoms with Crippen molar-refractivity contribution in [3.05, 3.63) is 10.6 Å². The lowest BCUT2D eigenvalue weighted by Gasteiger charge is -2.34. The molecule has 0 saturated carbocycles. The maximum absolute atomic E-state index is 12.2. The van der Waals surface area contributed by atoms with Gasteiger partial charge in [0.05, 0.1) is 24.4 Å². The number of rotatable bonds is 3. The van der Waals surface area contributed by atoms with E-state index >= 15 is 0 Å². The van der Waals surface area contributed by atoms with Gasteiger partial charge in [-0.2, -0.15) is 0 Å². The number of thiazole rings is 1. The van der Waals surface area contributed by atoms with Gasteiger partial charge in [0, 0.05) is 18.0 Å². The van der Waals surface area contributed by atoms with Crippen molar-refractivity contribution in [2.45, 2.75) is 39.8 Å². The molecule has 1 fully saturated rings. The van der Waals surface area contributed by atoms with Gasteiger partial charge < -0.3 is 10.1 Å². The van der Waals surface area contributed by atoms with Gasteiger partial charge in [0.25, 0.3) is 0 Å². The summed E-state index contributed by atoms with van der Waals surface area (Å²) in [6, 6.07) is -0.157.